The lowest BCUT2D eigenvalue weighted by atomic mass is 9.99. The lowest BCUT2D eigenvalue weighted by Gasteiger charge is -2.26. The molecule has 0 saturated heterocycles. The molecule has 0 radical (unpaired) electrons. The Hall–Kier alpha value is -9.36. The number of anilines is 3. The maximum atomic E-state index is 5.04. The van der Waals surface area contributed by atoms with Crippen LogP contribution in [0.5, 0.6) is 0 Å². The highest BCUT2D eigenvalue weighted by atomic mass is 32.1. The van der Waals surface area contributed by atoms with E-state index in [1.54, 1.807) is 0 Å². The highest BCUT2D eigenvalue weighted by Crippen LogP contribution is 2.44. The fourth-order valence-electron chi connectivity index (χ4n) is 11.0. The quantitative estimate of drug-likeness (QED) is 0.145. The molecule has 0 saturated carbocycles. The molecule has 0 unspecified atom stereocenters. The van der Waals surface area contributed by atoms with Gasteiger partial charge in [-0.25, -0.2) is 0 Å². The van der Waals surface area contributed by atoms with E-state index in [9.17, 15) is 0 Å². The number of nitrogens with zero attached hydrogens (tertiary/aromatic N) is 5. The van der Waals surface area contributed by atoms with Crippen LogP contribution < -0.4 is 4.90 Å². The van der Waals surface area contributed by atoms with Gasteiger partial charge < -0.3 is 14.0 Å². The van der Waals surface area contributed by atoms with Crippen LogP contribution in [0, 0.1) is 13.8 Å². The van der Waals surface area contributed by atoms with Crippen molar-refractivity contribution in [1.29, 1.82) is 0 Å². The molecular weight excluding hydrogens is 919 g/mol. The number of hydrogen-bond acceptors (Lipinski definition) is 4. The van der Waals surface area contributed by atoms with E-state index in [1.165, 1.54) is 94.3 Å². The van der Waals surface area contributed by atoms with Crippen molar-refractivity contribution in [1.82, 2.24) is 17.9 Å². The van der Waals surface area contributed by atoms with Gasteiger partial charge in [-0.3, -0.25) is 0 Å². The highest BCUT2D eigenvalue weighted by molar-refractivity contribution is 7.00. The maximum Gasteiger partial charge on any atom is 0.129 e. The van der Waals surface area contributed by atoms with Crippen LogP contribution in [0.2, 0.25) is 0 Å². The first-order valence-electron chi connectivity index (χ1n) is 25.1. The first-order valence-corrected chi connectivity index (χ1v) is 25.9. The standard InChI is InChI=1S/C68H47N5S/c1-44-16-20-48(21-17-44)51-28-39-64-60(42-51)61-43-52(49-22-18-45(2)19-23-49)29-40-65(61)73(64)55-32-26-50(27-33-55)57-38-41-66(68-67(57)69-74-70-68)71(53-30-24-47(25-31-53)46-10-4-3-5-11-46)54-34-36-56(37-35-54)72-62-14-8-6-12-58(62)59-13-7-9-15-63(59)72/h3-43H,1-2H3. The van der Waals surface area contributed by atoms with Crippen molar-refractivity contribution in [2.24, 2.45) is 0 Å². The molecule has 350 valence electrons. The number of rotatable bonds is 9. The number of para-hydroxylation sites is 2. The topological polar surface area (TPSA) is 38.9 Å². The average molecular weight is 966 g/mol. The molecular formula is C68H47N5S. The molecule has 0 atom stereocenters. The lowest BCUT2D eigenvalue weighted by molar-refractivity contribution is 1.17. The van der Waals surface area contributed by atoms with Gasteiger partial charge in [-0.2, -0.15) is 8.75 Å². The molecule has 11 aromatic carbocycles. The maximum absolute atomic E-state index is 5.04. The zero-order chi connectivity index (χ0) is 49.3. The summed E-state index contributed by atoms with van der Waals surface area (Å²) >= 11 is 1.26. The molecule has 14 aromatic rings. The summed E-state index contributed by atoms with van der Waals surface area (Å²) in [5.41, 5.74) is 23.5. The van der Waals surface area contributed by atoms with Crippen LogP contribution >= 0.6 is 11.7 Å². The van der Waals surface area contributed by atoms with Gasteiger partial charge in [-0.05, 0) is 150 Å². The lowest BCUT2D eigenvalue weighted by Crippen LogP contribution is -2.11. The van der Waals surface area contributed by atoms with Crippen LogP contribution in [0.25, 0.3) is 111 Å². The summed E-state index contributed by atoms with van der Waals surface area (Å²) in [6, 6.07) is 90.4. The van der Waals surface area contributed by atoms with Crippen molar-refractivity contribution >= 4 is 83.4 Å². The molecule has 74 heavy (non-hydrogen) atoms. The van der Waals surface area contributed by atoms with Gasteiger partial charge >= 0.3 is 0 Å². The summed E-state index contributed by atoms with van der Waals surface area (Å²) in [6.07, 6.45) is 0. The molecule has 0 N–H and O–H groups in total. The second-order valence-corrected chi connectivity index (χ2v) is 19.8. The van der Waals surface area contributed by atoms with Crippen LogP contribution in [0.15, 0.2) is 249 Å². The number of aryl methyl sites for hydroxylation is 2. The molecule has 5 nitrogen and oxygen atoms in total. The van der Waals surface area contributed by atoms with E-state index >= 15 is 0 Å². The van der Waals surface area contributed by atoms with Crippen molar-refractivity contribution in [2.75, 3.05) is 4.90 Å². The molecule has 6 heteroatoms. The van der Waals surface area contributed by atoms with E-state index in [1.807, 2.05) is 0 Å². The van der Waals surface area contributed by atoms with Gasteiger partial charge in [0, 0.05) is 49.9 Å². The molecule has 0 aliphatic carbocycles. The number of fused-ring (bicyclic) bond motifs is 7. The minimum Gasteiger partial charge on any atom is -0.309 e. The highest BCUT2D eigenvalue weighted by Gasteiger charge is 2.22. The molecule has 0 aliphatic rings. The predicted molar refractivity (Wildman–Crippen MR) is 312 cm³/mol. The Kier molecular flexibility index (Phi) is 10.4. The minimum atomic E-state index is 0.853. The van der Waals surface area contributed by atoms with Gasteiger partial charge in [0.2, 0.25) is 0 Å². The van der Waals surface area contributed by atoms with Crippen molar-refractivity contribution in [3.05, 3.63) is 260 Å². The smallest absolute Gasteiger partial charge is 0.129 e. The van der Waals surface area contributed by atoms with Gasteiger partial charge in [-0.1, -0.05) is 163 Å². The van der Waals surface area contributed by atoms with E-state index in [4.69, 9.17) is 8.75 Å². The van der Waals surface area contributed by atoms with Crippen LogP contribution in [-0.4, -0.2) is 17.9 Å². The molecule has 3 heterocycles. The molecule has 0 bridgehead atoms. The second-order valence-electron chi connectivity index (χ2n) is 19.3. The van der Waals surface area contributed by atoms with E-state index in [2.05, 4.69) is 277 Å². The monoisotopic (exact) mass is 965 g/mol. The molecule has 3 aromatic heterocycles. The normalized spacial score (nSPS) is 11.6. The summed E-state index contributed by atoms with van der Waals surface area (Å²) < 4.78 is 14.8. The van der Waals surface area contributed by atoms with Crippen LogP contribution in [0.1, 0.15) is 11.1 Å². The zero-order valence-electron chi connectivity index (χ0n) is 40.8. The van der Waals surface area contributed by atoms with Crippen molar-refractivity contribution in [3.63, 3.8) is 0 Å². The summed E-state index contributed by atoms with van der Waals surface area (Å²) in [4.78, 5) is 2.32. The first-order chi connectivity index (χ1) is 36.5. The molecule has 0 fully saturated rings. The van der Waals surface area contributed by atoms with Crippen molar-refractivity contribution in [3.8, 4) is 55.9 Å². The van der Waals surface area contributed by atoms with Gasteiger partial charge in [0.05, 0.1) is 39.5 Å². The number of benzene rings is 11. The summed E-state index contributed by atoms with van der Waals surface area (Å²) in [5, 5.41) is 4.94. The van der Waals surface area contributed by atoms with E-state index in [0.29, 0.717) is 0 Å². The Balaban J connectivity index is 0.861. The summed E-state index contributed by atoms with van der Waals surface area (Å²) in [5.74, 6) is 0. The Morgan fingerprint density at radius 2 is 0.730 bits per heavy atom. The van der Waals surface area contributed by atoms with Gasteiger partial charge in [-0.15, -0.1) is 0 Å². The van der Waals surface area contributed by atoms with Crippen molar-refractivity contribution in [2.45, 2.75) is 13.8 Å². The SMILES string of the molecule is Cc1ccc(-c2ccc3c(c2)c2cc(-c4ccc(C)cc4)ccc2n3-c2ccc(-c3ccc(N(c4ccc(-c5ccccc5)cc4)c4ccc(-n5c6ccccc6c6ccccc65)cc4)c4nsnc34)cc2)cc1. The third-order valence-corrected chi connectivity index (χ3v) is 15.3. The second kappa shape index (κ2) is 17.7. The van der Waals surface area contributed by atoms with Gasteiger partial charge in [0.1, 0.15) is 11.0 Å². The summed E-state index contributed by atoms with van der Waals surface area (Å²) in [6.45, 7) is 4.28. The molecule has 0 spiro atoms. The first kappa shape index (κ1) is 43.4. The zero-order valence-corrected chi connectivity index (χ0v) is 41.6. The van der Waals surface area contributed by atoms with Gasteiger partial charge in [0.25, 0.3) is 0 Å². The third-order valence-electron chi connectivity index (χ3n) is 14.8. The van der Waals surface area contributed by atoms with E-state index in [0.717, 1.165) is 56.2 Å². The van der Waals surface area contributed by atoms with E-state index in [-0.39, 0.29) is 0 Å². The molecule has 0 amide bonds. The largest absolute Gasteiger partial charge is 0.309 e. The van der Waals surface area contributed by atoms with Crippen LogP contribution in [0.4, 0.5) is 17.1 Å². The molecule has 14 rings (SSSR count). The summed E-state index contributed by atoms with van der Waals surface area (Å²) in [7, 11) is 0. The Morgan fingerprint density at radius 3 is 1.28 bits per heavy atom. The fraction of sp³-hybridized carbons (Fsp3) is 0.0294. The number of hydrogen-bond donors (Lipinski definition) is 0. The van der Waals surface area contributed by atoms with Crippen LogP contribution in [0.3, 0.4) is 0 Å². The third kappa shape index (κ3) is 7.38. The fourth-order valence-corrected chi connectivity index (χ4v) is 11.6. The average Bonchev–Trinajstić information content (AvgIpc) is 4.20. The van der Waals surface area contributed by atoms with Crippen LogP contribution in [-0.2, 0) is 0 Å². The van der Waals surface area contributed by atoms with E-state index < -0.39 is 0 Å². The Labute approximate surface area is 433 Å². The van der Waals surface area contributed by atoms with Crippen molar-refractivity contribution < 1.29 is 0 Å². The minimum absolute atomic E-state index is 0.853. The predicted octanol–water partition coefficient (Wildman–Crippen LogP) is 18.6. The number of aromatic nitrogens is 4. The molecule has 0 aliphatic heterocycles. The Bertz CT molecular complexity index is 4240. The Morgan fingerprint density at radius 1 is 0.324 bits per heavy atom. The van der Waals surface area contributed by atoms with Gasteiger partial charge in [0.15, 0.2) is 0 Å².